The van der Waals surface area contributed by atoms with E-state index in [1.54, 1.807) is 25.1 Å². The van der Waals surface area contributed by atoms with Gasteiger partial charge in [-0.3, -0.25) is 0 Å². The molecule has 0 saturated heterocycles. The average molecular weight is 387 g/mol. The van der Waals surface area contributed by atoms with Crippen LogP contribution in [0.15, 0.2) is 40.9 Å². The quantitative estimate of drug-likeness (QED) is 0.448. The predicted octanol–water partition coefficient (Wildman–Crippen LogP) is 6.00. The Morgan fingerprint density at radius 3 is 1.92 bits per heavy atom. The second-order valence-corrected chi connectivity index (χ2v) is 6.26. The molecule has 0 aliphatic heterocycles. The number of hydrogen-bond acceptors (Lipinski definition) is 0. The summed E-state index contributed by atoms with van der Waals surface area (Å²) in [6, 6.07) is 9.89. The lowest BCUT2D eigenvalue weighted by Crippen LogP contribution is -1.83. The molecule has 0 radical (unpaired) electrons. The van der Waals surface area contributed by atoms with E-state index in [0.717, 1.165) is 25.7 Å². The van der Waals surface area contributed by atoms with Crippen molar-refractivity contribution in [3.05, 3.63) is 69.2 Å². The van der Waals surface area contributed by atoms with Gasteiger partial charge in [-0.25, -0.2) is 8.78 Å². The summed E-state index contributed by atoms with van der Waals surface area (Å²) in [4.78, 5) is 0. The van der Waals surface area contributed by atoms with E-state index in [1.165, 1.54) is 12.1 Å². The molecule has 3 heteroatoms. The van der Waals surface area contributed by atoms with Crippen molar-refractivity contribution in [2.45, 2.75) is 32.6 Å². The van der Waals surface area contributed by atoms with Gasteiger partial charge in [0.2, 0.25) is 0 Å². The van der Waals surface area contributed by atoms with Gasteiger partial charge in [-0.1, -0.05) is 29.7 Å². The number of hydrogen-bond donors (Lipinski definition) is 0. The van der Waals surface area contributed by atoms with Crippen LogP contribution in [-0.4, -0.2) is 0 Å². The van der Waals surface area contributed by atoms with Crippen LogP contribution in [0.1, 0.15) is 42.4 Å². The fourth-order valence-electron chi connectivity index (χ4n) is 2.00. The minimum absolute atomic E-state index is 0.221. The molecule has 0 spiro atoms. The van der Waals surface area contributed by atoms with Gasteiger partial charge in [-0.15, -0.1) is 0 Å². The molecule has 2 aromatic carbocycles. The average Bonchev–Trinajstić information content (AvgIpc) is 2.56. The van der Waals surface area contributed by atoms with Crippen LogP contribution in [0.3, 0.4) is 0 Å². The molecule has 2 rings (SSSR count). The standard InChI is InChI=1S/C21H17BrF2/c1-16-10-11-17(14-20(16)23)8-6-4-2-3-5-7-9-18-12-13-19(22)21(24)15-18/h10-15H,2-5H2,1H3. The molecule has 0 fully saturated rings. The zero-order valence-electron chi connectivity index (χ0n) is 13.4. The van der Waals surface area contributed by atoms with E-state index in [9.17, 15) is 8.78 Å². The molecular weight excluding hydrogens is 370 g/mol. The summed E-state index contributed by atoms with van der Waals surface area (Å²) in [7, 11) is 0. The van der Waals surface area contributed by atoms with E-state index in [2.05, 4.69) is 39.6 Å². The topological polar surface area (TPSA) is 0 Å². The Hall–Kier alpha value is -2.10. The molecule has 0 nitrogen and oxygen atoms in total. The molecule has 0 saturated carbocycles. The van der Waals surface area contributed by atoms with Crippen molar-refractivity contribution in [1.29, 1.82) is 0 Å². The number of benzene rings is 2. The van der Waals surface area contributed by atoms with Crippen LogP contribution in [0.25, 0.3) is 0 Å². The largest absolute Gasteiger partial charge is 0.207 e. The van der Waals surface area contributed by atoms with Crippen molar-refractivity contribution in [3.8, 4) is 23.7 Å². The van der Waals surface area contributed by atoms with E-state index in [1.807, 2.05) is 6.07 Å². The third-order valence-corrected chi connectivity index (χ3v) is 4.05. The molecule has 0 heterocycles. The lowest BCUT2D eigenvalue weighted by molar-refractivity contribution is 0.618. The van der Waals surface area contributed by atoms with Crippen molar-refractivity contribution in [2.24, 2.45) is 0 Å². The summed E-state index contributed by atoms with van der Waals surface area (Å²) in [6.07, 6.45) is 3.37. The zero-order chi connectivity index (χ0) is 17.4. The molecule has 122 valence electrons. The smallest absolute Gasteiger partial charge is 0.138 e. The lowest BCUT2D eigenvalue weighted by Gasteiger charge is -1.95. The van der Waals surface area contributed by atoms with Gasteiger partial charge in [0.15, 0.2) is 0 Å². The molecule has 0 aliphatic rings. The Labute approximate surface area is 150 Å². The van der Waals surface area contributed by atoms with Crippen LogP contribution >= 0.6 is 15.9 Å². The van der Waals surface area contributed by atoms with E-state index >= 15 is 0 Å². The Morgan fingerprint density at radius 2 is 1.38 bits per heavy atom. The minimum Gasteiger partial charge on any atom is -0.207 e. The van der Waals surface area contributed by atoms with Crippen LogP contribution in [0, 0.1) is 42.2 Å². The van der Waals surface area contributed by atoms with Gasteiger partial charge in [-0.05, 0) is 71.6 Å². The van der Waals surface area contributed by atoms with Gasteiger partial charge in [0.1, 0.15) is 11.6 Å². The first-order valence-corrected chi connectivity index (χ1v) is 8.54. The highest BCUT2D eigenvalue weighted by molar-refractivity contribution is 9.10. The highest BCUT2D eigenvalue weighted by atomic mass is 79.9. The van der Waals surface area contributed by atoms with Gasteiger partial charge < -0.3 is 0 Å². The summed E-state index contributed by atoms with van der Waals surface area (Å²) in [6.45, 7) is 1.73. The van der Waals surface area contributed by atoms with Crippen molar-refractivity contribution in [1.82, 2.24) is 0 Å². The second-order valence-electron chi connectivity index (χ2n) is 5.40. The first-order valence-electron chi connectivity index (χ1n) is 7.75. The SMILES string of the molecule is Cc1ccc(C#CCCCCC#Cc2ccc(Br)c(F)c2)cc1F. The predicted molar refractivity (Wildman–Crippen MR) is 97.5 cm³/mol. The van der Waals surface area contributed by atoms with Crippen LogP contribution in [0.2, 0.25) is 0 Å². The molecule has 0 aromatic heterocycles. The van der Waals surface area contributed by atoms with Crippen molar-refractivity contribution in [3.63, 3.8) is 0 Å². The third kappa shape index (κ3) is 5.84. The van der Waals surface area contributed by atoms with Crippen molar-refractivity contribution >= 4 is 15.9 Å². The van der Waals surface area contributed by atoms with Gasteiger partial charge >= 0.3 is 0 Å². The summed E-state index contributed by atoms with van der Waals surface area (Å²) in [5, 5.41) is 0. The highest BCUT2D eigenvalue weighted by Crippen LogP contribution is 2.15. The number of rotatable bonds is 3. The van der Waals surface area contributed by atoms with Crippen LogP contribution in [0.4, 0.5) is 8.78 Å². The molecule has 0 aliphatic carbocycles. The third-order valence-electron chi connectivity index (χ3n) is 3.41. The van der Waals surface area contributed by atoms with E-state index < -0.39 is 0 Å². The highest BCUT2D eigenvalue weighted by Gasteiger charge is 1.98. The van der Waals surface area contributed by atoms with Crippen LogP contribution in [-0.2, 0) is 0 Å². The fraction of sp³-hybridized carbons (Fsp3) is 0.238. The molecule has 0 N–H and O–H groups in total. The van der Waals surface area contributed by atoms with E-state index in [4.69, 9.17) is 0 Å². The molecule has 2 aromatic rings. The first kappa shape index (κ1) is 18.2. The molecule has 0 bridgehead atoms. The van der Waals surface area contributed by atoms with Crippen LogP contribution in [0.5, 0.6) is 0 Å². The van der Waals surface area contributed by atoms with E-state index in [0.29, 0.717) is 21.2 Å². The van der Waals surface area contributed by atoms with E-state index in [-0.39, 0.29) is 11.6 Å². The molecule has 0 amide bonds. The maximum atomic E-state index is 13.4. The Kier molecular flexibility index (Phi) is 7.04. The van der Waals surface area contributed by atoms with Gasteiger partial charge in [0.25, 0.3) is 0 Å². The van der Waals surface area contributed by atoms with Gasteiger partial charge in [0.05, 0.1) is 4.47 Å². The van der Waals surface area contributed by atoms with Gasteiger partial charge in [0, 0.05) is 24.0 Å². The van der Waals surface area contributed by atoms with Crippen LogP contribution < -0.4 is 0 Å². The molecule has 24 heavy (non-hydrogen) atoms. The Morgan fingerprint density at radius 1 is 0.833 bits per heavy atom. The fourth-order valence-corrected chi connectivity index (χ4v) is 2.25. The van der Waals surface area contributed by atoms with Gasteiger partial charge in [-0.2, -0.15) is 0 Å². The molecular formula is C21H17BrF2. The maximum absolute atomic E-state index is 13.4. The Bertz CT molecular complexity index is 761. The number of aryl methyl sites for hydroxylation is 1. The monoisotopic (exact) mass is 386 g/mol. The zero-order valence-corrected chi connectivity index (χ0v) is 15.0. The summed E-state index contributed by atoms with van der Waals surface area (Å²) < 4.78 is 27.1. The molecule has 0 unspecified atom stereocenters. The minimum atomic E-state index is -0.301. The normalized spacial score (nSPS) is 9.67. The first-order chi connectivity index (χ1) is 11.6. The van der Waals surface area contributed by atoms with Crippen molar-refractivity contribution < 1.29 is 8.78 Å². The summed E-state index contributed by atoms with van der Waals surface area (Å²) in [5.74, 6) is 11.5. The lowest BCUT2D eigenvalue weighted by atomic mass is 10.1. The number of halogens is 3. The number of unbranched alkanes of at least 4 members (excludes halogenated alkanes) is 3. The Balaban J connectivity index is 1.72. The summed E-state index contributed by atoms with van der Waals surface area (Å²) in [5.41, 5.74) is 2.01. The van der Waals surface area contributed by atoms with Crippen molar-refractivity contribution in [2.75, 3.05) is 0 Å². The second kappa shape index (κ2) is 9.26. The maximum Gasteiger partial charge on any atom is 0.138 e. The summed E-state index contributed by atoms with van der Waals surface area (Å²) >= 11 is 3.11. The molecule has 0 atom stereocenters.